The molecule has 17 heavy (non-hydrogen) atoms. The highest BCUT2D eigenvalue weighted by molar-refractivity contribution is 5.50. The van der Waals surface area contributed by atoms with E-state index in [0.29, 0.717) is 0 Å². The predicted molar refractivity (Wildman–Crippen MR) is 70.2 cm³/mol. The minimum Gasteiger partial charge on any atom is -0.380 e. The number of nitro groups is 1. The van der Waals surface area contributed by atoms with E-state index in [9.17, 15) is 10.1 Å². The second kappa shape index (κ2) is 4.99. The Balaban J connectivity index is 2.75. The highest BCUT2D eigenvalue weighted by Crippen LogP contribution is 2.22. The molecular weight excluding hydrogens is 216 g/mol. The van der Waals surface area contributed by atoms with E-state index in [2.05, 4.69) is 25.7 Å². The molecule has 92 valence electrons. The fraction of sp³-hybridized carbons (Fsp3) is 0.385. The molecule has 0 saturated heterocycles. The van der Waals surface area contributed by atoms with Gasteiger partial charge in [0.05, 0.1) is 4.92 Å². The van der Waals surface area contributed by atoms with Crippen molar-refractivity contribution in [1.29, 1.82) is 0 Å². The van der Waals surface area contributed by atoms with Crippen LogP contribution < -0.4 is 5.32 Å². The van der Waals surface area contributed by atoms with Crippen molar-refractivity contribution in [2.75, 3.05) is 5.32 Å². The molecule has 0 radical (unpaired) electrons. The fourth-order valence-electron chi connectivity index (χ4n) is 1.86. The van der Waals surface area contributed by atoms with Crippen molar-refractivity contribution in [2.24, 2.45) is 0 Å². The first-order valence-corrected chi connectivity index (χ1v) is 5.47. The van der Waals surface area contributed by atoms with E-state index in [4.69, 9.17) is 0 Å². The Morgan fingerprint density at radius 1 is 1.41 bits per heavy atom. The van der Waals surface area contributed by atoms with Crippen molar-refractivity contribution >= 4 is 11.4 Å². The molecule has 0 aliphatic carbocycles. The molecule has 1 rings (SSSR count). The maximum atomic E-state index is 10.5. The normalized spacial score (nSPS) is 11.0. The van der Waals surface area contributed by atoms with Crippen LogP contribution in [0.3, 0.4) is 0 Å². The standard InChI is InChI=1S/C13H18N2O2/c1-10(2)9-13(3,4)14-11-5-7-12(8-6-11)15(16)17/h5-8,14H,1,9H2,2-4H3. The van der Waals surface area contributed by atoms with Gasteiger partial charge in [-0.1, -0.05) is 5.57 Å². The first kappa shape index (κ1) is 13.2. The SMILES string of the molecule is C=C(C)CC(C)(C)Nc1ccc([N+](=O)[O-])cc1. The quantitative estimate of drug-likeness (QED) is 0.479. The zero-order valence-corrected chi connectivity index (χ0v) is 10.5. The number of hydrogen-bond acceptors (Lipinski definition) is 3. The van der Waals surface area contributed by atoms with Gasteiger partial charge in [-0.2, -0.15) is 0 Å². The van der Waals surface area contributed by atoms with Crippen molar-refractivity contribution in [3.05, 3.63) is 46.5 Å². The first-order chi connectivity index (χ1) is 7.80. The van der Waals surface area contributed by atoms with Gasteiger partial charge in [0.15, 0.2) is 0 Å². The lowest BCUT2D eigenvalue weighted by molar-refractivity contribution is -0.384. The minimum atomic E-state index is -0.400. The molecule has 0 amide bonds. The molecular formula is C13H18N2O2. The maximum Gasteiger partial charge on any atom is 0.269 e. The van der Waals surface area contributed by atoms with Crippen LogP contribution in [0.4, 0.5) is 11.4 Å². The van der Waals surface area contributed by atoms with Crippen LogP contribution in [0.2, 0.25) is 0 Å². The van der Waals surface area contributed by atoms with Crippen LogP contribution in [0.5, 0.6) is 0 Å². The molecule has 0 aliphatic heterocycles. The van der Waals surface area contributed by atoms with Crippen LogP contribution in [0, 0.1) is 10.1 Å². The van der Waals surface area contributed by atoms with E-state index in [-0.39, 0.29) is 11.2 Å². The maximum absolute atomic E-state index is 10.5. The Hall–Kier alpha value is -1.84. The summed E-state index contributed by atoms with van der Waals surface area (Å²) >= 11 is 0. The lowest BCUT2D eigenvalue weighted by Crippen LogP contribution is -2.30. The van der Waals surface area contributed by atoms with Crippen molar-refractivity contribution in [3.8, 4) is 0 Å². The summed E-state index contributed by atoms with van der Waals surface area (Å²) in [4.78, 5) is 10.1. The number of benzene rings is 1. The predicted octanol–water partition coefficient (Wildman–Crippen LogP) is 3.75. The zero-order valence-electron chi connectivity index (χ0n) is 10.5. The monoisotopic (exact) mass is 234 g/mol. The molecule has 1 N–H and O–H groups in total. The molecule has 0 heterocycles. The molecule has 0 aromatic heterocycles. The van der Waals surface area contributed by atoms with E-state index >= 15 is 0 Å². The summed E-state index contributed by atoms with van der Waals surface area (Å²) in [5.74, 6) is 0. The molecule has 0 fully saturated rings. The van der Waals surface area contributed by atoms with Crippen LogP contribution in [0.15, 0.2) is 36.4 Å². The average molecular weight is 234 g/mol. The van der Waals surface area contributed by atoms with E-state index in [1.54, 1.807) is 12.1 Å². The van der Waals surface area contributed by atoms with Gasteiger partial charge in [0, 0.05) is 23.4 Å². The van der Waals surface area contributed by atoms with Gasteiger partial charge in [0.2, 0.25) is 0 Å². The van der Waals surface area contributed by atoms with Crippen LogP contribution >= 0.6 is 0 Å². The Morgan fingerprint density at radius 3 is 2.35 bits per heavy atom. The minimum absolute atomic E-state index is 0.105. The van der Waals surface area contributed by atoms with Crippen LogP contribution in [-0.2, 0) is 0 Å². The van der Waals surface area contributed by atoms with Gasteiger partial charge < -0.3 is 5.32 Å². The molecule has 1 aromatic carbocycles. The number of non-ortho nitro benzene ring substituents is 1. The Kier molecular flexibility index (Phi) is 3.89. The molecule has 4 heteroatoms. The van der Waals surface area contributed by atoms with Crippen molar-refractivity contribution < 1.29 is 4.92 Å². The topological polar surface area (TPSA) is 55.2 Å². The fourth-order valence-corrected chi connectivity index (χ4v) is 1.86. The Morgan fingerprint density at radius 2 is 1.94 bits per heavy atom. The second-order valence-corrected chi connectivity index (χ2v) is 4.95. The smallest absolute Gasteiger partial charge is 0.269 e. The number of nitrogens with zero attached hydrogens (tertiary/aromatic N) is 1. The number of anilines is 1. The third-order valence-corrected chi connectivity index (χ3v) is 2.30. The van der Waals surface area contributed by atoms with Crippen LogP contribution in [-0.4, -0.2) is 10.5 Å². The summed E-state index contributed by atoms with van der Waals surface area (Å²) in [5, 5.41) is 13.8. The summed E-state index contributed by atoms with van der Waals surface area (Å²) < 4.78 is 0. The van der Waals surface area contributed by atoms with Gasteiger partial charge in [-0.25, -0.2) is 0 Å². The summed E-state index contributed by atoms with van der Waals surface area (Å²) in [5.41, 5.74) is 1.97. The second-order valence-electron chi connectivity index (χ2n) is 4.95. The lowest BCUT2D eigenvalue weighted by atomic mass is 9.96. The number of nitro benzene ring substituents is 1. The summed E-state index contributed by atoms with van der Waals surface area (Å²) in [6.45, 7) is 10.0. The molecule has 4 nitrogen and oxygen atoms in total. The number of hydrogen-bond donors (Lipinski definition) is 1. The molecule has 0 spiro atoms. The molecule has 0 atom stereocenters. The number of rotatable bonds is 5. The van der Waals surface area contributed by atoms with Crippen molar-refractivity contribution in [2.45, 2.75) is 32.7 Å². The van der Waals surface area contributed by atoms with Gasteiger partial charge >= 0.3 is 0 Å². The average Bonchev–Trinajstić information content (AvgIpc) is 2.15. The third kappa shape index (κ3) is 4.26. The van der Waals surface area contributed by atoms with E-state index in [1.807, 2.05) is 6.92 Å². The van der Waals surface area contributed by atoms with Gasteiger partial charge in [0.25, 0.3) is 5.69 Å². The van der Waals surface area contributed by atoms with Gasteiger partial charge in [0.1, 0.15) is 0 Å². The molecule has 0 unspecified atom stereocenters. The van der Waals surface area contributed by atoms with Gasteiger partial charge in [-0.15, -0.1) is 6.58 Å². The van der Waals surface area contributed by atoms with E-state index in [0.717, 1.165) is 17.7 Å². The van der Waals surface area contributed by atoms with E-state index < -0.39 is 4.92 Å². The Labute approximate surface area is 101 Å². The summed E-state index contributed by atoms with van der Waals surface area (Å²) in [6.07, 6.45) is 0.851. The highest BCUT2D eigenvalue weighted by atomic mass is 16.6. The summed E-state index contributed by atoms with van der Waals surface area (Å²) in [6, 6.07) is 6.44. The van der Waals surface area contributed by atoms with Crippen LogP contribution in [0.1, 0.15) is 27.2 Å². The summed E-state index contributed by atoms with van der Waals surface area (Å²) in [7, 11) is 0. The molecule has 1 aromatic rings. The molecule has 0 aliphatic rings. The van der Waals surface area contributed by atoms with Gasteiger partial charge in [-0.05, 0) is 39.3 Å². The van der Waals surface area contributed by atoms with E-state index in [1.165, 1.54) is 12.1 Å². The van der Waals surface area contributed by atoms with Crippen molar-refractivity contribution in [1.82, 2.24) is 0 Å². The molecule has 0 bridgehead atoms. The first-order valence-electron chi connectivity index (χ1n) is 5.47. The van der Waals surface area contributed by atoms with Crippen LogP contribution in [0.25, 0.3) is 0 Å². The largest absolute Gasteiger partial charge is 0.380 e. The lowest BCUT2D eigenvalue weighted by Gasteiger charge is -2.27. The zero-order chi connectivity index (χ0) is 13.1. The highest BCUT2D eigenvalue weighted by Gasteiger charge is 2.17. The van der Waals surface area contributed by atoms with Gasteiger partial charge in [-0.3, -0.25) is 10.1 Å². The Bertz CT molecular complexity index is 422. The third-order valence-electron chi connectivity index (χ3n) is 2.30. The number of nitrogens with one attached hydrogen (secondary N) is 1. The van der Waals surface area contributed by atoms with Crippen molar-refractivity contribution in [3.63, 3.8) is 0 Å². The molecule has 0 saturated carbocycles.